The van der Waals surface area contributed by atoms with Gasteiger partial charge in [-0.1, -0.05) is 30.3 Å². The van der Waals surface area contributed by atoms with Gasteiger partial charge in [-0.15, -0.1) is 0 Å². The molecule has 1 saturated heterocycles. The summed E-state index contributed by atoms with van der Waals surface area (Å²) in [5.74, 6) is -3.61. The smallest absolute Gasteiger partial charge is 0.326 e. The van der Waals surface area contributed by atoms with Crippen LogP contribution in [-0.2, 0) is 20.8 Å². The fourth-order valence-electron chi connectivity index (χ4n) is 3.40. The molecule has 2 rings (SSSR count). The van der Waals surface area contributed by atoms with E-state index in [9.17, 15) is 29.4 Å². The van der Waals surface area contributed by atoms with E-state index in [1.807, 2.05) is 6.07 Å². The van der Waals surface area contributed by atoms with Gasteiger partial charge >= 0.3 is 18.0 Å². The fraction of sp³-hybridized carbons (Fsp3) is 0.524. The van der Waals surface area contributed by atoms with Crippen LogP contribution in [0.2, 0.25) is 0 Å². The van der Waals surface area contributed by atoms with Crippen molar-refractivity contribution in [3.8, 4) is 0 Å². The third kappa shape index (κ3) is 7.56. The lowest BCUT2D eigenvalue weighted by atomic mass is 10.1. The third-order valence-electron chi connectivity index (χ3n) is 5.24. The Morgan fingerprint density at radius 3 is 2.42 bits per heavy atom. The highest BCUT2D eigenvalue weighted by atomic mass is 16.4. The van der Waals surface area contributed by atoms with Crippen molar-refractivity contribution >= 4 is 23.9 Å². The molecular weight excluding hydrogens is 404 g/mol. The Balaban J connectivity index is 1.95. The first-order chi connectivity index (χ1) is 14.8. The number of carboxylic acid groups (broad SMARTS) is 2. The summed E-state index contributed by atoms with van der Waals surface area (Å²) in [6.07, 6.45) is 1.69. The van der Waals surface area contributed by atoms with Gasteiger partial charge in [-0.3, -0.25) is 9.59 Å². The number of carboxylic acids is 2. The van der Waals surface area contributed by atoms with Crippen molar-refractivity contribution in [3.05, 3.63) is 35.9 Å². The first-order valence-corrected chi connectivity index (χ1v) is 10.4. The number of hydrogen-bond donors (Lipinski definition) is 5. The molecule has 1 heterocycles. The maximum Gasteiger partial charge on any atom is 0.326 e. The second-order valence-corrected chi connectivity index (χ2v) is 7.50. The maximum atomic E-state index is 12.6. The van der Waals surface area contributed by atoms with E-state index in [1.165, 1.54) is 4.90 Å². The average molecular weight is 434 g/mol. The van der Waals surface area contributed by atoms with Crippen LogP contribution < -0.4 is 16.0 Å². The molecule has 3 amide bonds. The zero-order chi connectivity index (χ0) is 22.8. The Hall–Kier alpha value is -3.14. The minimum absolute atomic E-state index is 0.103. The van der Waals surface area contributed by atoms with Crippen LogP contribution in [0.4, 0.5) is 4.79 Å². The summed E-state index contributed by atoms with van der Waals surface area (Å²) in [6.45, 7) is 2.33. The second-order valence-electron chi connectivity index (χ2n) is 7.50. The van der Waals surface area contributed by atoms with E-state index in [-0.39, 0.29) is 38.0 Å². The normalized spacial score (nSPS) is 17.4. The molecule has 1 aliphatic heterocycles. The van der Waals surface area contributed by atoms with Gasteiger partial charge in [-0.25, -0.2) is 9.59 Å². The number of carbonyl (C=O) groups is 4. The van der Waals surface area contributed by atoms with Crippen molar-refractivity contribution in [2.24, 2.45) is 5.92 Å². The number of carbonyl (C=O) groups excluding carboxylic acids is 2. The van der Waals surface area contributed by atoms with E-state index in [4.69, 9.17) is 0 Å². The standard InChI is InChI=1S/C21H30N4O6/c1-2-25(13-15(19(27)28)12-23-18(26)16-9-6-10-22-16)21(31)24-17(20(29)30)11-14-7-4-3-5-8-14/h3-5,7-8,15-17,22H,2,6,9-13H2,1H3,(H,23,26)(H,24,31)(H,27,28)(H,29,30)/t15-,16+,17+/m1/s1. The number of amides is 3. The maximum absolute atomic E-state index is 12.6. The summed E-state index contributed by atoms with van der Waals surface area (Å²) >= 11 is 0. The number of nitrogens with zero attached hydrogens (tertiary/aromatic N) is 1. The van der Waals surface area contributed by atoms with Crippen LogP contribution in [-0.4, -0.2) is 77.3 Å². The summed E-state index contributed by atoms with van der Waals surface area (Å²) in [7, 11) is 0. The molecule has 0 radical (unpaired) electrons. The minimum Gasteiger partial charge on any atom is -0.481 e. The van der Waals surface area contributed by atoms with E-state index in [2.05, 4.69) is 16.0 Å². The van der Waals surface area contributed by atoms with Crippen LogP contribution in [0.25, 0.3) is 0 Å². The lowest BCUT2D eigenvalue weighted by Gasteiger charge is -2.27. The molecule has 10 heteroatoms. The third-order valence-corrected chi connectivity index (χ3v) is 5.24. The molecule has 1 aromatic rings. The molecule has 0 saturated carbocycles. The molecule has 5 N–H and O–H groups in total. The van der Waals surface area contributed by atoms with E-state index >= 15 is 0 Å². The summed E-state index contributed by atoms with van der Waals surface area (Å²) in [4.78, 5) is 49.3. The van der Waals surface area contributed by atoms with Gasteiger partial charge in [0.05, 0.1) is 12.0 Å². The Morgan fingerprint density at radius 1 is 1.16 bits per heavy atom. The summed E-state index contributed by atoms with van der Waals surface area (Å²) in [5.41, 5.74) is 0.755. The van der Waals surface area contributed by atoms with Crippen LogP contribution in [0.3, 0.4) is 0 Å². The van der Waals surface area contributed by atoms with Gasteiger partial charge in [-0.05, 0) is 31.9 Å². The van der Waals surface area contributed by atoms with E-state index in [1.54, 1.807) is 31.2 Å². The van der Waals surface area contributed by atoms with Gasteiger partial charge in [0, 0.05) is 26.1 Å². The molecule has 1 aromatic carbocycles. The summed E-state index contributed by atoms with van der Waals surface area (Å²) in [5, 5.41) is 27.1. The molecule has 0 unspecified atom stereocenters. The fourth-order valence-corrected chi connectivity index (χ4v) is 3.40. The highest BCUT2D eigenvalue weighted by Crippen LogP contribution is 2.08. The van der Waals surface area contributed by atoms with Crippen LogP contribution in [0.5, 0.6) is 0 Å². The minimum atomic E-state index is -1.18. The highest BCUT2D eigenvalue weighted by Gasteiger charge is 2.28. The molecule has 3 atom stereocenters. The number of urea groups is 1. The molecule has 0 aromatic heterocycles. The van der Waals surface area contributed by atoms with Crippen molar-refractivity contribution in [3.63, 3.8) is 0 Å². The van der Waals surface area contributed by atoms with Gasteiger partial charge < -0.3 is 31.1 Å². The van der Waals surface area contributed by atoms with Gasteiger partial charge in [0.15, 0.2) is 0 Å². The summed E-state index contributed by atoms with van der Waals surface area (Å²) < 4.78 is 0. The van der Waals surface area contributed by atoms with Crippen molar-refractivity contribution in [1.29, 1.82) is 0 Å². The van der Waals surface area contributed by atoms with Crippen molar-refractivity contribution in [2.45, 2.75) is 38.3 Å². The molecule has 31 heavy (non-hydrogen) atoms. The number of benzene rings is 1. The number of nitrogens with one attached hydrogen (secondary N) is 3. The van der Waals surface area contributed by atoms with Crippen molar-refractivity contribution in [2.75, 3.05) is 26.2 Å². The molecular formula is C21H30N4O6. The van der Waals surface area contributed by atoms with Gasteiger partial charge in [0.2, 0.25) is 5.91 Å². The first-order valence-electron chi connectivity index (χ1n) is 10.4. The number of rotatable bonds is 11. The molecule has 1 aliphatic rings. The topological polar surface area (TPSA) is 148 Å². The largest absolute Gasteiger partial charge is 0.481 e. The monoisotopic (exact) mass is 434 g/mol. The molecule has 170 valence electrons. The van der Waals surface area contributed by atoms with Crippen LogP contribution in [0.15, 0.2) is 30.3 Å². The van der Waals surface area contributed by atoms with Crippen LogP contribution >= 0.6 is 0 Å². The first kappa shape index (κ1) is 24.1. The molecule has 1 fully saturated rings. The van der Waals surface area contributed by atoms with E-state index < -0.39 is 29.9 Å². The Kier molecular flexibility index (Phi) is 9.26. The molecule has 0 spiro atoms. The Bertz CT molecular complexity index is 766. The number of hydrogen-bond acceptors (Lipinski definition) is 5. The SMILES string of the molecule is CCN(C[C@@H](CNC(=O)[C@@H]1CCCN1)C(=O)O)C(=O)N[C@@H](Cc1ccccc1)C(=O)O. The van der Waals surface area contributed by atoms with E-state index in [0.29, 0.717) is 6.42 Å². The molecule has 10 nitrogen and oxygen atoms in total. The highest BCUT2D eigenvalue weighted by molar-refractivity contribution is 5.84. The van der Waals surface area contributed by atoms with Crippen LogP contribution in [0, 0.1) is 5.92 Å². The van der Waals surface area contributed by atoms with E-state index in [0.717, 1.165) is 18.5 Å². The Morgan fingerprint density at radius 2 is 1.87 bits per heavy atom. The van der Waals surface area contributed by atoms with Crippen molar-refractivity contribution < 1.29 is 29.4 Å². The zero-order valence-corrected chi connectivity index (χ0v) is 17.5. The molecule has 0 bridgehead atoms. The van der Waals surface area contributed by atoms with Gasteiger partial charge in [-0.2, -0.15) is 0 Å². The zero-order valence-electron chi connectivity index (χ0n) is 17.5. The van der Waals surface area contributed by atoms with Crippen LogP contribution in [0.1, 0.15) is 25.3 Å². The Labute approximate surface area is 181 Å². The quantitative estimate of drug-likeness (QED) is 0.336. The average Bonchev–Trinajstić information content (AvgIpc) is 3.28. The predicted octanol–water partition coefficient (Wildman–Crippen LogP) is 0.283. The number of aliphatic carboxylic acids is 2. The summed E-state index contributed by atoms with van der Waals surface area (Å²) in [6, 6.07) is 6.76. The van der Waals surface area contributed by atoms with Gasteiger partial charge in [0.1, 0.15) is 6.04 Å². The molecule has 0 aliphatic carbocycles. The lowest BCUT2D eigenvalue weighted by Crippen LogP contribution is -2.52. The lowest BCUT2D eigenvalue weighted by molar-refractivity contribution is -0.142. The second kappa shape index (κ2) is 11.9. The van der Waals surface area contributed by atoms with Crippen molar-refractivity contribution in [1.82, 2.24) is 20.9 Å². The van der Waals surface area contributed by atoms with Gasteiger partial charge in [0.25, 0.3) is 0 Å². The predicted molar refractivity (Wildman–Crippen MR) is 113 cm³/mol.